The number of aryl methyl sites for hydroxylation is 1. The first-order valence-electron chi connectivity index (χ1n) is 11.1. The van der Waals surface area contributed by atoms with E-state index in [4.69, 9.17) is 18.9 Å². The van der Waals surface area contributed by atoms with Gasteiger partial charge in [0, 0.05) is 12.6 Å². The second-order valence-electron chi connectivity index (χ2n) is 7.85. The van der Waals surface area contributed by atoms with Crippen molar-refractivity contribution in [3.8, 4) is 23.0 Å². The van der Waals surface area contributed by atoms with Gasteiger partial charge in [0.1, 0.15) is 20.4 Å². The number of methoxy groups -OCH3 is 4. The number of hydrogen-bond acceptors (Lipinski definition) is 6. The van der Waals surface area contributed by atoms with E-state index in [1.54, 1.807) is 19.2 Å². The first-order chi connectivity index (χ1) is 16.9. The fourth-order valence-electron chi connectivity index (χ4n) is 4.03. The fraction of sp³-hybridized carbons (Fsp3) is 0.269. The van der Waals surface area contributed by atoms with E-state index in [-0.39, 0.29) is 5.96 Å². The number of nitrogens with zero attached hydrogens (tertiary/aromatic N) is 2. The van der Waals surface area contributed by atoms with Crippen molar-refractivity contribution in [2.24, 2.45) is 9.36 Å². The van der Waals surface area contributed by atoms with Crippen molar-refractivity contribution >= 4 is 21.4 Å². The normalized spacial score (nSPS) is 17.7. The summed E-state index contributed by atoms with van der Waals surface area (Å²) in [6.45, 7) is 2.37. The highest BCUT2D eigenvalue weighted by atomic mass is 32.2. The van der Waals surface area contributed by atoms with E-state index in [0.29, 0.717) is 45.7 Å². The van der Waals surface area contributed by atoms with Gasteiger partial charge in [0.05, 0.1) is 39.0 Å². The first kappa shape index (κ1) is 24.4. The highest BCUT2D eigenvalue weighted by Gasteiger charge is 2.34. The van der Waals surface area contributed by atoms with Crippen LogP contribution in [-0.4, -0.2) is 45.2 Å². The Balaban J connectivity index is 1.86. The Kier molecular flexibility index (Phi) is 7.16. The third-order valence-electron chi connectivity index (χ3n) is 5.67. The molecule has 0 saturated heterocycles. The Bertz CT molecular complexity index is 1390. The Morgan fingerprint density at radius 1 is 0.886 bits per heavy atom. The van der Waals surface area contributed by atoms with Gasteiger partial charge >= 0.3 is 0 Å². The number of hydrogen-bond donors (Lipinski definition) is 1. The molecule has 8 nitrogen and oxygen atoms in total. The summed E-state index contributed by atoms with van der Waals surface area (Å²) in [7, 11) is 3.04. The third kappa shape index (κ3) is 4.64. The second kappa shape index (κ2) is 10.3. The van der Waals surface area contributed by atoms with Crippen LogP contribution < -0.4 is 24.3 Å². The molecule has 184 valence electrons. The molecule has 0 saturated carbocycles. The molecule has 0 aromatic heterocycles. The molecule has 3 aromatic rings. The summed E-state index contributed by atoms with van der Waals surface area (Å²) in [6, 6.07) is 17.0. The number of guanidine groups is 1. The minimum absolute atomic E-state index is 0.271. The predicted octanol–water partition coefficient (Wildman–Crippen LogP) is 4.94. The van der Waals surface area contributed by atoms with Crippen molar-refractivity contribution in [2.45, 2.75) is 23.1 Å². The number of fused-ring (bicyclic) bond motifs is 1. The lowest BCUT2D eigenvalue weighted by Gasteiger charge is -2.26. The van der Waals surface area contributed by atoms with Gasteiger partial charge in [-0.3, -0.25) is 4.99 Å². The molecule has 0 aliphatic carbocycles. The molecule has 1 atom stereocenters. The van der Waals surface area contributed by atoms with E-state index in [0.717, 1.165) is 16.9 Å². The van der Waals surface area contributed by atoms with Gasteiger partial charge < -0.3 is 24.3 Å². The van der Waals surface area contributed by atoms with Crippen LogP contribution in [0.1, 0.15) is 11.1 Å². The molecule has 1 unspecified atom stereocenters. The summed E-state index contributed by atoms with van der Waals surface area (Å²) in [4.78, 5) is 5.59. The van der Waals surface area contributed by atoms with Crippen molar-refractivity contribution in [1.29, 1.82) is 0 Å². The maximum atomic E-state index is 14.7. The average Bonchev–Trinajstić information content (AvgIpc) is 2.87. The predicted molar refractivity (Wildman–Crippen MR) is 137 cm³/mol. The van der Waals surface area contributed by atoms with Crippen LogP contribution in [0.3, 0.4) is 0 Å². The number of anilines is 1. The highest BCUT2D eigenvalue weighted by Crippen LogP contribution is 2.49. The molecule has 0 fully saturated rings. The number of benzene rings is 3. The van der Waals surface area contributed by atoms with Gasteiger partial charge in [-0.1, -0.05) is 30.3 Å². The van der Waals surface area contributed by atoms with Crippen LogP contribution in [0.2, 0.25) is 0 Å². The van der Waals surface area contributed by atoms with Crippen LogP contribution >= 0.6 is 0 Å². The minimum atomic E-state index is -3.16. The molecule has 4 rings (SSSR count). The molecule has 0 amide bonds. The van der Waals surface area contributed by atoms with Gasteiger partial charge in [-0.15, -0.1) is 0 Å². The Morgan fingerprint density at radius 3 is 2.31 bits per heavy atom. The first-order valence-corrected chi connectivity index (χ1v) is 12.6. The molecule has 0 bridgehead atoms. The zero-order valence-electron chi connectivity index (χ0n) is 20.5. The van der Waals surface area contributed by atoms with Crippen LogP contribution in [0, 0.1) is 6.92 Å². The van der Waals surface area contributed by atoms with E-state index in [1.165, 1.54) is 21.3 Å². The molecule has 3 aromatic carbocycles. The van der Waals surface area contributed by atoms with E-state index >= 15 is 0 Å². The monoisotopic (exact) mass is 495 g/mol. The molecule has 1 aliphatic rings. The molecule has 1 heterocycles. The summed E-state index contributed by atoms with van der Waals surface area (Å²) in [5, 5.41) is 3.21. The van der Waals surface area contributed by atoms with Gasteiger partial charge in [0.2, 0.25) is 11.7 Å². The summed E-state index contributed by atoms with van der Waals surface area (Å²) < 4.78 is 41.5. The number of aliphatic imine (C=N–C) groups is 1. The minimum Gasteiger partial charge on any atom is -0.496 e. The number of nitrogens with one attached hydrogen (secondary N) is 1. The van der Waals surface area contributed by atoms with Gasteiger partial charge in [0.25, 0.3) is 0 Å². The lowest BCUT2D eigenvalue weighted by Crippen LogP contribution is -2.22. The molecule has 9 heteroatoms. The van der Waals surface area contributed by atoms with Crippen molar-refractivity contribution in [3.63, 3.8) is 0 Å². The highest BCUT2D eigenvalue weighted by molar-refractivity contribution is 7.94. The van der Waals surface area contributed by atoms with Crippen LogP contribution in [-0.2, 0) is 16.1 Å². The number of para-hydroxylation sites is 1. The SMILES string of the molecule is COc1ccccc1CCN=C1N=S(=O)(c2cccc(C)c2)c2c(cc(OC)c(OC)c2OC)N1. The van der Waals surface area contributed by atoms with Gasteiger partial charge in [-0.25, -0.2) is 4.21 Å². The zero-order chi connectivity index (χ0) is 25.0. The third-order valence-corrected chi connectivity index (χ3v) is 7.95. The molecule has 35 heavy (non-hydrogen) atoms. The quantitative estimate of drug-likeness (QED) is 0.476. The Labute approximate surface area is 206 Å². The van der Waals surface area contributed by atoms with Gasteiger partial charge in [-0.05, 0) is 42.7 Å². The van der Waals surface area contributed by atoms with Gasteiger partial charge in [-0.2, -0.15) is 4.36 Å². The van der Waals surface area contributed by atoms with Crippen LogP contribution in [0.5, 0.6) is 23.0 Å². The maximum Gasteiger partial charge on any atom is 0.231 e. The summed E-state index contributed by atoms with van der Waals surface area (Å²) in [6.07, 6.45) is 0.637. The van der Waals surface area contributed by atoms with E-state index < -0.39 is 9.73 Å². The lowest BCUT2D eigenvalue weighted by molar-refractivity contribution is 0.319. The van der Waals surface area contributed by atoms with E-state index in [1.807, 2.05) is 49.4 Å². The summed E-state index contributed by atoms with van der Waals surface area (Å²) >= 11 is 0. The molecule has 1 aliphatic heterocycles. The largest absolute Gasteiger partial charge is 0.496 e. The van der Waals surface area contributed by atoms with Crippen LogP contribution in [0.4, 0.5) is 5.69 Å². The zero-order valence-corrected chi connectivity index (χ0v) is 21.3. The number of rotatable bonds is 8. The van der Waals surface area contributed by atoms with Crippen molar-refractivity contribution in [2.75, 3.05) is 40.3 Å². The van der Waals surface area contributed by atoms with E-state index in [2.05, 4.69) is 14.7 Å². The lowest BCUT2D eigenvalue weighted by atomic mass is 10.1. The van der Waals surface area contributed by atoms with Crippen molar-refractivity contribution < 1.29 is 23.2 Å². The maximum absolute atomic E-state index is 14.7. The topological polar surface area (TPSA) is 90.7 Å². The molecule has 0 spiro atoms. The summed E-state index contributed by atoms with van der Waals surface area (Å²) in [5.74, 6) is 2.17. The fourth-order valence-corrected chi connectivity index (χ4v) is 6.25. The Morgan fingerprint density at radius 2 is 1.63 bits per heavy atom. The van der Waals surface area contributed by atoms with Crippen molar-refractivity contribution in [1.82, 2.24) is 0 Å². The summed E-state index contributed by atoms with van der Waals surface area (Å²) in [5.41, 5.74) is 2.54. The number of ether oxygens (including phenoxy) is 4. The Hall–Kier alpha value is -3.72. The van der Waals surface area contributed by atoms with Crippen LogP contribution in [0.15, 0.2) is 73.7 Å². The van der Waals surface area contributed by atoms with Gasteiger partial charge in [0.15, 0.2) is 11.5 Å². The molecular weight excluding hydrogens is 466 g/mol. The van der Waals surface area contributed by atoms with Crippen molar-refractivity contribution in [3.05, 3.63) is 65.7 Å². The smallest absolute Gasteiger partial charge is 0.231 e. The molecule has 0 radical (unpaired) electrons. The standard InChI is InChI=1S/C26H29N3O5S/c1-17-9-8-11-19(15-17)35(30)25-20(16-22(32-3)23(33-4)24(25)34-5)28-26(29-35)27-14-13-18-10-6-7-12-21(18)31-2/h6-12,15-16H,13-14H2,1-5H3,(H,27,28,29,30). The van der Waals surface area contributed by atoms with Crippen LogP contribution in [0.25, 0.3) is 0 Å². The molecular formula is C26H29N3O5S. The second-order valence-corrected chi connectivity index (χ2v) is 9.96. The average molecular weight is 496 g/mol. The van der Waals surface area contributed by atoms with E-state index in [9.17, 15) is 4.21 Å². The molecule has 1 N–H and O–H groups in total.